The molecule has 0 radical (unpaired) electrons. The zero-order valence-electron chi connectivity index (χ0n) is 8.49. The zero-order valence-corrected chi connectivity index (χ0v) is 8.49. The maximum absolute atomic E-state index is 4.41. The molecule has 0 spiro atoms. The van der Waals surface area contributed by atoms with Crippen LogP contribution in [0.3, 0.4) is 0 Å². The lowest BCUT2D eigenvalue weighted by Crippen LogP contribution is -1.85. The van der Waals surface area contributed by atoms with E-state index >= 15 is 0 Å². The number of para-hydroxylation sites is 1. The number of aromatic nitrogens is 1. The maximum Gasteiger partial charge on any atom is 0.0776 e. The van der Waals surface area contributed by atoms with Crippen molar-refractivity contribution in [1.82, 2.24) is 4.98 Å². The van der Waals surface area contributed by atoms with Gasteiger partial charge in [0.2, 0.25) is 0 Å². The van der Waals surface area contributed by atoms with Crippen molar-refractivity contribution >= 4 is 16.5 Å². The molecule has 0 N–H and O–H groups in total. The van der Waals surface area contributed by atoms with Gasteiger partial charge >= 0.3 is 0 Å². The number of hydrogen-bond donors (Lipinski definition) is 0. The lowest BCUT2D eigenvalue weighted by molar-refractivity contribution is 1.39. The molecule has 1 nitrogen and oxygen atoms in total. The Bertz CT molecular complexity index is 478. The third-order valence-electron chi connectivity index (χ3n) is 2.49. The van der Waals surface area contributed by atoms with E-state index < -0.39 is 0 Å². The normalized spacial score (nSPS) is 12.0. The standard InChI is InChI=1S/C13H13N/c1-3-10(2)12-8-4-6-11-7-5-9-14-13(11)12/h3-9H,1-2H3/b10-3+. The number of allylic oxidation sites excluding steroid dienone is 2. The molecule has 1 aromatic carbocycles. The smallest absolute Gasteiger partial charge is 0.0776 e. The quantitative estimate of drug-likeness (QED) is 0.657. The third kappa shape index (κ3) is 1.41. The molecule has 2 rings (SSSR count). The Morgan fingerprint density at radius 3 is 2.79 bits per heavy atom. The van der Waals surface area contributed by atoms with Crippen LogP contribution in [0.15, 0.2) is 42.6 Å². The zero-order chi connectivity index (χ0) is 9.97. The molecular weight excluding hydrogens is 170 g/mol. The van der Waals surface area contributed by atoms with Crippen molar-refractivity contribution in [2.45, 2.75) is 13.8 Å². The Kier molecular flexibility index (Phi) is 2.32. The van der Waals surface area contributed by atoms with E-state index in [1.165, 1.54) is 16.5 Å². The molecule has 0 aliphatic carbocycles. The van der Waals surface area contributed by atoms with E-state index in [9.17, 15) is 0 Å². The molecule has 0 amide bonds. The van der Waals surface area contributed by atoms with Gasteiger partial charge in [-0.2, -0.15) is 0 Å². The first-order valence-electron chi connectivity index (χ1n) is 4.80. The van der Waals surface area contributed by atoms with Crippen molar-refractivity contribution in [2.75, 3.05) is 0 Å². The molecular formula is C13H13N. The summed E-state index contributed by atoms with van der Waals surface area (Å²) >= 11 is 0. The fourth-order valence-electron chi connectivity index (χ4n) is 1.58. The molecule has 0 saturated carbocycles. The molecule has 0 aliphatic heterocycles. The minimum Gasteiger partial charge on any atom is -0.256 e. The maximum atomic E-state index is 4.41. The van der Waals surface area contributed by atoms with Gasteiger partial charge in [0.15, 0.2) is 0 Å². The Morgan fingerprint density at radius 2 is 2.00 bits per heavy atom. The van der Waals surface area contributed by atoms with Crippen LogP contribution in [-0.2, 0) is 0 Å². The lowest BCUT2D eigenvalue weighted by atomic mass is 10.0. The molecule has 2 aromatic rings. The fourth-order valence-corrected chi connectivity index (χ4v) is 1.58. The van der Waals surface area contributed by atoms with Gasteiger partial charge in [-0.15, -0.1) is 0 Å². The minimum absolute atomic E-state index is 1.09. The van der Waals surface area contributed by atoms with Crippen LogP contribution in [0.25, 0.3) is 16.5 Å². The first-order valence-corrected chi connectivity index (χ1v) is 4.80. The van der Waals surface area contributed by atoms with Gasteiger partial charge < -0.3 is 0 Å². The summed E-state index contributed by atoms with van der Waals surface area (Å²) in [4.78, 5) is 4.41. The average molecular weight is 183 g/mol. The minimum atomic E-state index is 1.09. The van der Waals surface area contributed by atoms with Gasteiger partial charge in [-0.25, -0.2) is 0 Å². The molecule has 70 valence electrons. The summed E-state index contributed by atoms with van der Waals surface area (Å²) in [6.07, 6.45) is 3.96. The molecule has 1 heteroatoms. The van der Waals surface area contributed by atoms with E-state index in [-0.39, 0.29) is 0 Å². The number of fused-ring (bicyclic) bond motifs is 1. The van der Waals surface area contributed by atoms with Gasteiger partial charge in [-0.1, -0.05) is 30.3 Å². The summed E-state index contributed by atoms with van der Waals surface area (Å²) in [7, 11) is 0. The van der Waals surface area contributed by atoms with Crippen LogP contribution in [0, 0.1) is 0 Å². The molecule has 0 aliphatic rings. The van der Waals surface area contributed by atoms with Crippen molar-refractivity contribution < 1.29 is 0 Å². The summed E-state index contributed by atoms with van der Waals surface area (Å²) in [5, 5.41) is 1.20. The van der Waals surface area contributed by atoms with E-state index in [1.807, 2.05) is 12.3 Å². The van der Waals surface area contributed by atoms with E-state index in [2.05, 4.69) is 49.2 Å². The predicted octanol–water partition coefficient (Wildman–Crippen LogP) is 3.66. The molecule has 0 fully saturated rings. The van der Waals surface area contributed by atoms with Crippen LogP contribution in [0.2, 0.25) is 0 Å². The van der Waals surface area contributed by atoms with Gasteiger partial charge in [0.1, 0.15) is 0 Å². The lowest BCUT2D eigenvalue weighted by Gasteiger charge is -2.04. The van der Waals surface area contributed by atoms with E-state index in [4.69, 9.17) is 0 Å². The largest absolute Gasteiger partial charge is 0.256 e. The predicted molar refractivity (Wildman–Crippen MR) is 61.1 cm³/mol. The van der Waals surface area contributed by atoms with Gasteiger partial charge in [-0.3, -0.25) is 4.98 Å². The van der Waals surface area contributed by atoms with Gasteiger partial charge in [0, 0.05) is 17.1 Å². The summed E-state index contributed by atoms with van der Waals surface area (Å²) in [5.74, 6) is 0. The Morgan fingerprint density at radius 1 is 1.21 bits per heavy atom. The number of hydrogen-bond acceptors (Lipinski definition) is 1. The summed E-state index contributed by atoms with van der Waals surface area (Å²) in [6.45, 7) is 4.17. The second kappa shape index (κ2) is 3.62. The van der Waals surface area contributed by atoms with E-state index in [0.29, 0.717) is 0 Å². The monoisotopic (exact) mass is 183 g/mol. The van der Waals surface area contributed by atoms with Crippen LogP contribution in [-0.4, -0.2) is 4.98 Å². The molecule has 14 heavy (non-hydrogen) atoms. The van der Waals surface area contributed by atoms with Gasteiger partial charge in [-0.05, 0) is 25.5 Å². The van der Waals surface area contributed by atoms with E-state index in [1.54, 1.807) is 0 Å². The van der Waals surface area contributed by atoms with Crippen molar-refractivity contribution in [2.24, 2.45) is 0 Å². The van der Waals surface area contributed by atoms with Crippen LogP contribution < -0.4 is 0 Å². The number of benzene rings is 1. The third-order valence-corrected chi connectivity index (χ3v) is 2.49. The van der Waals surface area contributed by atoms with E-state index in [0.717, 1.165) is 5.52 Å². The second-order valence-electron chi connectivity index (χ2n) is 3.35. The van der Waals surface area contributed by atoms with Crippen LogP contribution >= 0.6 is 0 Å². The van der Waals surface area contributed by atoms with Crippen LogP contribution in [0.1, 0.15) is 19.4 Å². The topological polar surface area (TPSA) is 12.9 Å². The van der Waals surface area contributed by atoms with Crippen LogP contribution in [0.5, 0.6) is 0 Å². The fraction of sp³-hybridized carbons (Fsp3) is 0.154. The SMILES string of the molecule is C/C=C(\C)c1cccc2cccnc12. The number of nitrogens with zero attached hydrogens (tertiary/aromatic N) is 1. The molecule has 0 unspecified atom stereocenters. The van der Waals surface area contributed by atoms with Crippen LogP contribution in [0.4, 0.5) is 0 Å². The summed E-state index contributed by atoms with van der Waals surface area (Å²) in [5.41, 5.74) is 3.59. The Hall–Kier alpha value is -1.63. The second-order valence-corrected chi connectivity index (χ2v) is 3.35. The average Bonchev–Trinajstić information content (AvgIpc) is 2.27. The number of rotatable bonds is 1. The van der Waals surface area contributed by atoms with Crippen molar-refractivity contribution in [3.63, 3.8) is 0 Å². The first kappa shape index (κ1) is 8.95. The molecule has 0 atom stereocenters. The molecule has 0 saturated heterocycles. The Balaban J connectivity index is 2.77. The molecule has 1 heterocycles. The van der Waals surface area contributed by atoms with Crippen molar-refractivity contribution in [3.8, 4) is 0 Å². The highest BCUT2D eigenvalue weighted by atomic mass is 14.6. The number of pyridine rings is 1. The highest BCUT2D eigenvalue weighted by molar-refractivity contribution is 5.90. The molecule has 0 bridgehead atoms. The summed E-state index contributed by atoms with van der Waals surface area (Å²) < 4.78 is 0. The molecule has 1 aromatic heterocycles. The summed E-state index contributed by atoms with van der Waals surface area (Å²) in [6, 6.07) is 10.3. The van der Waals surface area contributed by atoms with Gasteiger partial charge in [0.05, 0.1) is 5.52 Å². The Labute approximate surface area is 84.1 Å². The van der Waals surface area contributed by atoms with Crippen molar-refractivity contribution in [3.05, 3.63) is 48.2 Å². The highest BCUT2D eigenvalue weighted by Gasteiger charge is 2.01. The van der Waals surface area contributed by atoms with Crippen molar-refractivity contribution in [1.29, 1.82) is 0 Å². The van der Waals surface area contributed by atoms with Gasteiger partial charge in [0.25, 0.3) is 0 Å². The highest BCUT2D eigenvalue weighted by Crippen LogP contribution is 2.22. The first-order chi connectivity index (χ1) is 6.83.